The summed E-state index contributed by atoms with van der Waals surface area (Å²) in [5.41, 5.74) is -0.00782. The Kier molecular flexibility index (Phi) is 6.34. The van der Waals surface area contributed by atoms with Crippen molar-refractivity contribution in [2.75, 3.05) is 34.3 Å². The zero-order valence-corrected chi connectivity index (χ0v) is 17.3. The van der Waals surface area contributed by atoms with Crippen LogP contribution < -0.4 is 4.74 Å². The van der Waals surface area contributed by atoms with Gasteiger partial charge >= 0.3 is 0 Å². The van der Waals surface area contributed by atoms with Gasteiger partial charge in [-0.3, -0.25) is 9.59 Å². The number of carbonyl (C=O) groups is 2. The Balaban J connectivity index is 2.10. The van der Waals surface area contributed by atoms with Crippen LogP contribution in [0.2, 0.25) is 0 Å². The van der Waals surface area contributed by atoms with Gasteiger partial charge in [0, 0.05) is 11.4 Å². The number of nitrogens with zero attached hydrogens (tertiary/aromatic N) is 2. The van der Waals surface area contributed by atoms with Crippen molar-refractivity contribution in [2.24, 2.45) is 0 Å². The van der Waals surface area contributed by atoms with Crippen LogP contribution >= 0.6 is 11.3 Å². The third-order valence-corrected chi connectivity index (χ3v) is 5.70. The SMILES string of the molecule is COc1ccc(F)cc1C(O)=C1C(=O)C(=O)N(CCCN(C)C)[C@@H]1c1cccs1. The van der Waals surface area contributed by atoms with E-state index in [2.05, 4.69) is 0 Å². The summed E-state index contributed by atoms with van der Waals surface area (Å²) < 4.78 is 19.1. The van der Waals surface area contributed by atoms with Crippen LogP contribution in [0.3, 0.4) is 0 Å². The number of hydrogen-bond acceptors (Lipinski definition) is 6. The first-order chi connectivity index (χ1) is 13.8. The van der Waals surface area contributed by atoms with Crippen molar-refractivity contribution < 1.29 is 23.8 Å². The van der Waals surface area contributed by atoms with E-state index in [0.717, 1.165) is 17.5 Å². The smallest absolute Gasteiger partial charge is 0.295 e. The van der Waals surface area contributed by atoms with Crippen LogP contribution in [0.5, 0.6) is 5.75 Å². The van der Waals surface area contributed by atoms with Crippen LogP contribution in [0, 0.1) is 5.82 Å². The number of aliphatic hydroxyl groups excluding tert-OH is 1. The predicted octanol–water partition coefficient (Wildman–Crippen LogP) is 3.27. The van der Waals surface area contributed by atoms with Crippen LogP contribution in [-0.4, -0.2) is 60.9 Å². The molecule has 0 saturated carbocycles. The second-order valence-electron chi connectivity index (χ2n) is 7.01. The number of ketones is 1. The minimum Gasteiger partial charge on any atom is -0.507 e. The van der Waals surface area contributed by atoms with E-state index < -0.39 is 29.3 Å². The normalized spacial score (nSPS) is 18.7. The highest BCUT2D eigenvalue weighted by Gasteiger charge is 2.46. The number of halogens is 1. The summed E-state index contributed by atoms with van der Waals surface area (Å²) in [4.78, 5) is 29.9. The maximum absolute atomic E-state index is 13.8. The molecule has 2 aromatic rings. The molecule has 1 saturated heterocycles. The summed E-state index contributed by atoms with van der Waals surface area (Å²) in [6.07, 6.45) is 0.672. The fourth-order valence-corrected chi connectivity index (χ4v) is 4.27. The van der Waals surface area contributed by atoms with Gasteiger partial charge in [0.2, 0.25) is 0 Å². The number of rotatable bonds is 7. The van der Waals surface area contributed by atoms with E-state index in [0.29, 0.717) is 13.0 Å². The number of hydrogen-bond donors (Lipinski definition) is 1. The van der Waals surface area contributed by atoms with Crippen molar-refractivity contribution in [1.82, 2.24) is 9.80 Å². The van der Waals surface area contributed by atoms with Gasteiger partial charge < -0.3 is 19.6 Å². The number of methoxy groups -OCH3 is 1. The van der Waals surface area contributed by atoms with E-state index in [-0.39, 0.29) is 16.9 Å². The van der Waals surface area contributed by atoms with E-state index in [9.17, 15) is 19.1 Å². The molecule has 1 amide bonds. The van der Waals surface area contributed by atoms with E-state index in [1.54, 1.807) is 0 Å². The van der Waals surface area contributed by atoms with Gasteiger partial charge in [0.15, 0.2) is 0 Å². The lowest BCUT2D eigenvalue weighted by atomic mass is 9.99. The van der Waals surface area contributed by atoms with Crippen molar-refractivity contribution in [3.05, 3.63) is 57.5 Å². The van der Waals surface area contributed by atoms with Gasteiger partial charge in [-0.2, -0.15) is 0 Å². The number of likely N-dealkylation sites (tertiary alicyclic amines) is 1. The number of carbonyl (C=O) groups excluding carboxylic acids is 2. The molecule has 29 heavy (non-hydrogen) atoms. The molecule has 1 atom stereocenters. The molecule has 1 N–H and O–H groups in total. The first kappa shape index (κ1) is 21.0. The molecule has 0 bridgehead atoms. The van der Waals surface area contributed by atoms with Gasteiger partial charge in [-0.25, -0.2) is 4.39 Å². The lowest BCUT2D eigenvalue weighted by Crippen LogP contribution is -2.32. The Labute approximate surface area is 172 Å². The molecule has 2 heterocycles. The number of aliphatic hydroxyl groups is 1. The number of thiophene rings is 1. The van der Waals surface area contributed by atoms with E-state index in [1.165, 1.54) is 35.5 Å². The minimum atomic E-state index is -0.780. The van der Waals surface area contributed by atoms with Crippen LogP contribution in [0.4, 0.5) is 4.39 Å². The average molecular weight is 418 g/mol. The fraction of sp³-hybridized carbons (Fsp3) is 0.333. The standard InChI is InChI=1S/C21H23FN2O4S/c1-23(2)9-5-10-24-18(16-6-4-11-29-16)17(20(26)21(24)27)19(25)14-12-13(22)7-8-15(14)28-3/h4,6-8,11-12,18,25H,5,9-10H2,1-3H3/t18-/m1/s1. The summed E-state index contributed by atoms with van der Waals surface area (Å²) in [6, 6.07) is 6.59. The summed E-state index contributed by atoms with van der Waals surface area (Å²) in [5, 5.41) is 12.8. The van der Waals surface area contributed by atoms with E-state index in [4.69, 9.17) is 4.74 Å². The summed E-state index contributed by atoms with van der Waals surface area (Å²) in [7, 11) is 5.25. The minimum absolute atomic E-state index is 0.0420. The van der Waals surface area contributed by atoms with Crippen LogP contribution in [0.1, 0.15) is 22.9 Å². The average Bonchev–Trinajstić information content (AvgIpc) is 3.29. The molecule has 1 fully saturated rings. The molecule has 6 nitrogen and oxygen atoms in total. The fourth-order valence-electron chi connectivity index (χ4n) is 3.42. The van der Waals surface area contributed by atoms with Gasteiger partial charge in [0.25, 0.3) is 11.7 Å². The van der Waals surface area contributed by atoms with Crippen molar-refractivity contribution >= 4 is 28.8 Å². The second-order valence-corrected chi connectivity index (χ2v) is 7.99. The topological polar surface area (TPSA) is 70.1 Å². The molecular weight excluding hydrogens is 395 g/mol. The van der Waals surface area contributed by atoms with Gasteiger partial charge in [0.1, 0.15) is 17.3 Å². The van der Waals surface area contributed by atoms with Crippen molar-refractivity contribution in [1.29, 1.82) is 0 Å². The third-order valence-electron chi connectivity index (χ3n) is 4.77. The molecule has 1 aliphatic heterocycles. The van der Waals surface area contributed by atoms with Crippen molar-refractivity contribution in [2.45, 2.75) is 12.5 Å². The highest BCUT2D eigenvalue weighted by Crippen LogP contribution is 2.42. The van der Waals surface area contributed by atoms with Gasteiger partial charge in [-0.1, -0.05) is 6.07 Å². The monoisotopic (exact) mass is 418 g/mol. The maximum Gasteiger partial charge on any atom is 0.295 e. The maximum atomic E-state index is 13.8. The molecule has 0 unspecified atom stereocenters. The number of ether oxygens (including phenoxy) is 1. The molecule has 3 rings (SSSR count). The summed E-state index contributed by atoms with van der Waals surface area (Å²) in [5.74, 6) is -2.25. The van der Waals surface area contributed by atoms with Crippen LogP contribution in [0.25, 0.3) is 5.76 Å². The third kappa shape index (κ3) is 4.18. The molecule has 0 radical (unpaired) electrons. The molecule has 0 spiro atoms. The molecule has 8 heteroatoms. The van der Waals surface area contributed by atoms with Gasteiger partial charge in [-0.15, -0.1) is 11.3 Å². The zero-order chi connectivity index (χ0) is 21.1. The van der Waals surface area contributed by atoms with E-state index >= 15 is 0 Å². The first-order valence-electron chi connectivity index (χ1n) is 9.15. The van der Waals surface area contributed by atoms with Gasteiger partial charge in [0.05, 0.1) is 24.3 Å². The molecule has 1 aromatic carbocycles. The first-order valence-corrected chi connectivity index (χ1v) is 10.0. The lowest BCUT2D eigenvalue weighted by Gasteiger charge is -2.24. The Morgan fingerprint density at radius 2 is 2.07 bits per heavy atom. The van der Waals surface area contributed by atoms with Gasteiger partial charge in [-0.05, 0) is 56.7 Å². The molecule has 1 aromatic heterocycles. The zero-order valence-electron chi connectivity index (χ0n) is 16.5. The Hall–Kier alpha value is -2.71. The predicted molar refractivity (Wildman–Crippen MR) is 109 cm³/mol. The Bertz CT molecular complexity index is 940. The second kappa shape index (κ2) is 8.75. The summed E-state index contributed by atoms with van der Waals surface area (Å²) in [6.45, 7) is 1.11. The van der Waals surface area contributed by atoms with Crippen LogP contribution in [0.15, 0.2) is 41.3 Å². The molecule has 1 aliphatic rings. The Morgan fingerprint density at radius 1 is 1.31 bits per heavy atom. The Morgan fingerprint density at radius 3 is 2.69 bits per heavy atom. The largest absolute Gasteiger partial charge is 0.507 e. The van der Waals surface area contributed by atoms with Crippen LogP contribution in [-0.2, 0) is 9.59 Å². The molecular formula is C21H23FN2O4S. The number of Topliss-reactive ketones (excluding diaryl/α,β-unsaturated/α-hetero) is 1. The van der Waals surface area contributed by atoms with Crippen molar-refractivity contribution in [3.63, 3.8) is 0 Å². The number of amides is 1. The van der Waals surface area contributed by atoms with E-state index in [1.807, 2.05) is 36.5 Å². The highest BCUT2D eigenvalue weighted by molar-refractivity contribution is 7.10. The summed E-state index contributed by atoms with van der Waals surface area (Å²) >= 11 is 1.39. The quantitative estimate of drug-likeness (QED) is 0.425. The number of benzene rings is 1. The lowest BCUT2D eigenvalue weighted by molar-refractivity contribution is -0.139. The molecule has 0 aliphatic carbocycles. The van der Waals surface area contributed by atoms with Crippen molar-refractivity contribution in [3.8, 4) is 5.75 Å². The molecule has 154 valence electrons. The highest BCUT2D eigenvalue weighted by atomic mass is 32.1.